The molecule has 0 heterocycles. The molecule has 0 aliphatic rings. The molecule has 1 atom stereocenters. The molecule has 0 saturated heterocycles. The maximum Gasteiger partial charge on any atom is 0.371 e. The van der Waals surface area contributed by atoms with Crippen molar-refractivity contribution in [3.05, 3.63) is 0 Å². The minimum Gasteiger partial charge on any atom is -0.462 e. The van der Waals surface area contributed by atoms with Crippen LogP contribution >= 0.6 is 12.6 Å². The molecule has 1 amide bonds. The van der Waals surface area contributed by atoms with Crippen LogP contribution in [0.2, 0.25) is 0 Å². The van der Waals surface area contributed by atoms with Gasteiger partial charge in [0.1, 0.15) is 0 Å². The van der Waals surface area contributed by atoms with Gasteiger partial charge in [-0.25, -0.2) is 4.79 Å². The summed E-state index contributed by atoms with van der Waals surface area (Å²) < 4.78 is 4.58. The van der Waals surface area contributed by atoms with Crippen LogP contribution in [0, 0.1) is 0 Å². The van der Waals surface area contributed by atoms with Crippen LogP contribution in [0.4, 0.5) is 0 Å². The fourth-order valence-corrected chi connectivity index (χ4v) is 1.34. The van der Waals surface area contributed by atoms with Crippen LogP contribution in [0.15, 0.2) is 0 Å². The molecule has 3 N–H and O–H groups in total. The summed E-state index contributed by atoms with van der Waals surface area (Å²) in [6.45, 7) is 3.07. The van der Waals surface area contributed by atoms with Crippen LogP contribution in [-0.4, -0.2) is 46.6 Å². The lowest BCUT2D eigenvalue weighted by molar-refractivity contribution is -0.174. The van der Waals surface area contributed by atoms with E-state index in [0.717, 1.165) is 4.90 Å². The Morgan fingerprint density at radius 2 is 2.07 bits per heavy atom. The van der Waals surface area contributed by atoms with Crippen LogP contribution in [0.25, 0.3) is 0 Å². The molecule has 0 aromatic carbocycles. The minimum absolute atomic E-state index is 0.0933. The molecule has 0 bridgehead atoms. The van der Waals surface area contributed by atoms with E-state index in [1.807, 2.05) is 0 Å². The van der Waals surface area contributed by atoms with E-state index in [0.29, 0.717) is 0 Å². The molecule has 0 spiro atoms. The second-order valence-electron chi connectivity index (χ2n) is 2.70. The first-order valence-corrected chi connectivity index (χ1v) is 4.98. The van der Waals surface area contributed by atoms with Gasteiger partial charge in [0.25, 0.3) is 5.06 Å². The van der Waals surface area contributed by atoms with Gasteiger partial charge in [0, 0.05) is 6.54 Å². The van der Waals surface area contributed by atoms with Gasteiger partial charge < -0.3 is 15.6 Å². The largest absolute Gasteiger partial charge is 0.462 e. The number of likely N-dealkylation sites (N-methyl/N-ethyl adjacent to an activating group) is 1. The second kappa shape index (κ2) is 5.94. The zero-order valence-corrected chi connectivity index (χ0v) is 9.66. The topological polar surface area (TPSA) is 92.9 Å². The van der Waals surface area contributed by atoms with Crippen molar-refractivity contribution in [1.29, 1.82) is 0 Å². The van der Waals surface area contributed by atoms with E-state index in [-0.39, 0.29) is 19.7 Å². The first kappa shape index (κ1) is 14.2. The van der Waals surface area contributed by atoms with Crippen molar-refractivity contribution in [3.63, 3.8) is 0 Å². The normalized spacial score (nSPS) is 14.2. The summed E-state index contributed by atoms with van der Waals surface area (Å²) in [4.78, 5) is 23.4. The summed E-state index contributed by atoms with van der Waals surface area (Å²) in [7, 11) is 0. The van der Waals surface area contributed by atoms with E-state index in [1.54, 1.807) is 13.8 Å². The average Bonchev–Trinajstić information content (AvgIpc) is 2.18. The third-order valence-electron chi connectivity index (χ3n) is 1.72. The summed E-state index contributed by atoms with van der Waals surface area (Å²) in [5.74, 6) is -1.57. The molecule has 0 aliphatic carbocycles. The quantitative estimate of drug-likeness (QED) is 0.321. The Hall–Kier alpha value is -0.790. The average molecular weight is 236 g/mol. The molecule has 0 saturated carbocycles. The Kier molecular flexibility index (Phi) is 5.63. The van der Waals surface area contributed by atoms with Gasteiger partial charge in [-0.05, 0) is 13.8 Å². The van der Waals surface area contributed by atoms with E-state index < -0.39 is 16.9 Å². The lowest BCUT2D eigenvalue weighted by atomic mass is 10.4. The number of rotatable bonds is 5. The van der Waals surface area contributed by atoms with Crippen LogP contribution in [0.5, 0.6) is 0 Å². The third-order valence-corrected chi connectivity index (χ3v) is 2.14. The van der Waals surface area contributed by atoms with Crippen molar-refractivity contribution in [3.8, 4) is 0 Å². The van der Waals surface area contributed by atoms with Crippen molar-refractivity contribution < 1.29 is 19.4 Å². The maximum atomic E-state index is 11.3. The molecule has 7 heteroatoms. The molecule has 0 aromatic rings. The number of nitrogens with zero attached hydrogens (tertiary/aromatic N) is 1. The standard InChI is InChI=1S/C8H16N2O4S/c1-3-10(6(11)5-9)8(13,15)7(12)14-4-2/h13,15H,3-5,9H2,1-2H3. The van der Waals surface area contributed by atoms with Gasteiger partial charge in [0.05, 0.1) is 13.2 Å². The molecule has 0 radical (unpaired) electrons. The number of esters is 1. The highest BCUT2D eigenvalue weighted by molar-refractivity contribution is 7.82. The van der Waals surface area contributed by atoms with Gasteiger partial charge in [-0.3, -0.25) is 9.69 Å². The molecule has 1 unspecified atom stereocenters. The number of aliphatic hydroxyl groups is 1. The van der Waals surface area contributed by atoms with Gasteiger partial charge in [0.2, 0.25) is 5.91 Å². The van der Waals surface area contributed by atoms with E-state index in [9.17, 15) is 14.7 Å². The SMILES string of the molecule is CCOC(=O)C(O)(S)N(CC)C(=O)CN. The monoisotopic (exact) mass is 236 g/mol. The Bertz CT molecular complexity index is 245. The smallest absolute Gasteiger partial charge is 0.371 e. The van der Waals surface area contributed by atoms with Crippen molar-refractivity contribution in [2.45, 2.75) is 18.9 Å². The molecule has 15 heavy (non-hydrogen) atoms. The lowest BCUT2D eigenvalue weighted by Gasteiger charge is -2.32. The Morgan fingerprint density at radius 1 is 1.53 bits per heavy atom. The number of hydrogen-bond acceptors (Lipinski definition) is 6. The molecular weight excluding hydrogens is 220 g/mol. The molecular formula is C8H16N2O4S. The molecule has 0 rings (SSSR count). The van der Waals surface area contributed by atoms with E-state index in [2.05, 4.69) is 17.4 Å². The van der Waals surface area contributed by atoms with Gasteiger partial charge in [0.15, 0.2) is 0 Å². The maximum absolute atomic E-state index is 11.3. The highest BCUT2D eigenvalue weighted by atomic mass is 32.1. The second-order valence-corrected chi connectivity index (χ2v) is 3.32. The molecule has 0 fully saturated rings. The third kappa shape index (κ3) is 3.37. The van der Waals surface area contributed by atoms with E-state index in [4.69, 9.17) is 5.73 Å². The number of ether oxygens (including phenoxy) is 1. The van der Waals surface area contributed by atoms with Crippen molar-refractivity contribution in [2.24, 2.45) is 5.73 Å². The van der Waals surface area contributed by atoms with Gasteiger partial charge in [-0.15, -0.1) is 12.6 Å². The van der Waals surface area contributed by atoms with Crippen molar-refractivity contribution >= 4 is 24.5 Å². The molecule has 0 aromatic heterocycles. The lowest BCUT2D eigenvalue weighted by Crippen LogP contribution is -2.55. The predicted octanol–water partition coefficient (Wildman–Crippen LogP) is -1.07. The number of nitrogens with two attached hydrogens (primary N) is 1. The molecule has 88 valence electrons. The van der Waals surface area contributed by atoms with Crippen LogP contribution in [-0.2, 0) is 14.3 Å². The van der Waals surface area contributed by atoms with E-state index >= 15 is 0 Å². The summed E-state index contributed by atoms with van der Waals surface area (Å²) >= 11 is 3.71. The molecule has 6 nitrogen and oxygen atoms in total. The summed E-state index contributed by atoms with van der Waals surface area (Å²) in [5, 5.41) is 7.45. The summed E-state index contributed by atoms with van der Waals surface area (Å²) in [6.07, 6.45) is 0. The Morgan fingerprint density at radius 3 is 2.40 bits per heavy atom. The van der Waals surface area contributed by atoms with E-state index in [1.165, 1.54) is 0 Å². The highest BCUT2D eigenvalue weighted by Crippen LogP contribution is 2.18. The molecule has 0 aliphatic heterocycles. The summed E-state index contributed by atoms with van der Waals surface area (Å²) in [6, 6.07) is 0. The van der Waals surface area contributed by atoms with Gasteiger partial charge in [-0.1, -0.05) is 0 Å². The zero-order chi connectivity index (χ0) is 12.1. The fourth-order valence-electron chi connectivity index (χ4n) is 1.02. The van der Waals surface area contributed by atoms with Gasteiger partial charge >= 0.3 is 5.97 Å². The van der Waals surface area contributed by atoms with Crippen LogP contribution in [0.3, 0.4) is 0 Å². The van der Waals surface area contributed by atoms with Crippen LogP contribution < -0.4 is 5.73 Å². The first-order chi connectivity index (χ1) is 6.91. The number of hydrogen-bond donors (Lipinski definition) is 3. The number of thiol groups is 1. The zero-order valence-electron chi connectivity index (χ0n) is 8.77. The Labute approximate surface area is 93.8 Å². The van der Waals surface area contributed by atoms with Crippen molar-refractivity contribution in [2.75, 3.05) is 19.7 Å². The number of carbonyl (C=O) groups excluding carboxylic acids is 2. The fraction of sp³-hybridized carbons (Fsp3) is 0.750. The van der Waals surface area contributed by atoms with Gasteiger partial charge in [-0.2, -0.15) is 0 Å². The number of amides is 1. The Balaban J connectivity index is 4.79. The minimum atomic E-state index is -2.26. The van der Waals surface area contributed by atoms with Crippen LogP contribution in [0.1, 0.15) is 13.8 Å². The first-order valence-electron chi connectivity index (χ1n) is 4.54. The summed E-state index contributed by atoms with van der Waals surface area (Å²) in [5.41, 5.74) is 5.13. The number of carbonyl (C=O) groups is 2. The van der Waals surface area contributed by atoms with Crippen molar-refractivity contribution in [1.82, 2.24) is 4.90 Å². The highest BCUT2D eigenvalue weighted by Gasteiger charge is 2.41. The predicted molar refractivity (Wildman–Crippen MR) is 57.0 cm³/mol.